The van der Waals surface area contributed by atoms with Crippen molar-refractivity contribution in [3.63, 3.8) is 0 Å². The molecular formula is C19H17N9O3. The monoisotopic (exact) mass is 419 g/mol. The lowest BCUT2D eigenvalue weighted by Gasteiger charge is -2.07. The highest BCUT2D eigenvalue weighted by atomic mass is 16.6. The minimum Gasteiger partial charge on any atom is -0.494 e. The van der Waals surface area contributed by atoms with E-state index < -0.39 is 5.91 Å². The summed E-state index contributed by atoms with van der Waals surface area (Å²) in [6.45, 7) is 2.42. The highest BCUT2D eigenvalue weighted by Gasteiger charge is 2.25. The van der Waals surface area contributed by atoms with Crippen LogP contribution in [0.2, 0.25) is 0 Å². The van der Waals surface area contributed by atoms with E-state index in [4.69, 9.17) is 10.5 Å². The van der Waals surface area contributed by atoms with Crippen molar-refractivity contribution >= 4 is 17.9 Å². The van der Waals surface area contributed by atoms with Gasteiger partial charge in [0.15, 0.2) is 5.69 Å². The highest BCUT2D eigenvalue weighted by Crippen LogP contribution is 2.28. The van der Waals surface area contributed by atoms with Gasteiger partial charge in [-0.2, -0.15) is 9.78 Å². The number of carbonyl (C=O) groups excluding carboxylic acids is 1. The lowest BCUT2D eigenvalue weighted by atomic mass is 10.1. The standard InChI is InChI=1S/C19H17N9O3/c1-2-30-14-7-5-13(6-8-14)16-15(23-27-28(16)18-17(20)25-31-26-18)19(29)24-22-11-12-4-3-9-21-10-12/h3-11H,2H2,1H3,(H2,20,25)(H,24,29). The molecule has 12 heteroatoms. The molecule has 0 aliphatic rings. The van der Waals surface area contributed by atoms with Gasteiger partial charge in [0.2, 0.25) is 11.6 Å². The summed E-state index contributed by atoms with van der Waals surface area (Å²) in [4.78, 5) is 16.8. The molecule has 0 fully saturated rings. The zero-order valence-corrected chi connectivity index (χ0v) is 16.3. The summed E-state index contributed by atoms with van der Waals surface area (Å²) in [5.74, 6) is 0.207. The number of benzene rings is 1. The first-order chi connectivity index (χ1) is 15.2. The number of hydrazone groups is 1. The lowest BCUT2D eigenvalue weighted by molar-refractivity contribution is 0.0950. The van der Waals surface area contributed by atoms with Crippen LogP contribution in [0.15, 0.2) is 58.5 Å². The van der Waals surface area contributed by atoms with Gasteiger partial charge in [-0.15, -0.1) is 5.10 Å². The molecule has 1 aromatic carbocycles. The second-order valence-corrected chi connectivity index (χ2v) is 6.11. The van der Waals surface area contributed by atoms with Gasteiger partial charge >= 0.3 is 0 Å². The van der Waals surface area contributed by atoms with Gasteiger partial charge in [-0.1, -0.05) is 11.3 Å². The van der Waals surface area contributed by atoms with E-state index in [1.807, 2.05) is 6.92 Å². The molecular weight excluding hydrogens is 402 g/mol. The quantitative estimate of drug-likeness (QED) is 0.334. The maximum atomic E-state index is 12.8. The summed E-state index contributed by atoms with van der Waals surface area (Å²) in [5.41, 5.74) is 9.93. The molecule has 0 spiro atoms. The molecule has 3 aromatic heterocycles. The van der Waals surface area contributed by atoms with E-state index in [-0.39, 0.29) is 17.3 Å². The van der Waals surface area contributed by atoms with Crippen LogP contribution in [0.3, 0.4) is 0 Å². The average molecular weight is 419 g/mol. The fourth-order valence-electron chi connectivity index (χ4n) is 2.73. The molecule has 4 rings (SSSR count). The van der Waals surface area contributed by atoms with E-state index in [0.717, 1.165) is 5.56 Å². The Morgan fingerprint density at radius 3 is 2.81 bits per heavy atom. The SMILES string of the molecule is CCOc1ccc(-c2c(C(=O)NN=Cc3cccnc3)nnn2-c2nonc2N)cc1. The van der Waals surface area contributed by atoms with E-state index in [0.29, 0.717) is 23.6 Å². The van der Waals surface area contributed by atoms with Gasteiger partial charge in [0.1, 0.15) is 11.4 Å². The van der Waals surface area contributed by atoms with E-state index in [2.05, 4.69) is 40.8 Å². The van der Waals surface area contributed by atoms with Crippen LogP contribution in [0, 0.1) is 0 Å². The third kappa shape index (κ3) is 4.22. The van der Waals surface area contributed by atoms with Gasteiger partial charge in [-0.3, -0.25) is 9.78 Å². The second kappa shape index (κ2) is 8.82. The summed E-state index contributed by atoms with van der Waals surface area (Å²) >= 11 is 0. The molecule has 0 atom stereocenters. The maximum absolute atomic E-state index is 12.8. The number of nitrogen functional groups attached to an aromatic ring is 1. The van der Waals surface area contributed by atoms with Crippen LogP contribution >= 0.6 is 0 Å². The van der Waals surface area contributed by atoms with Crippen LogP contribution in [0.4, 0.5) is 5.82 Å². The predicted octanol–water partition coefficient (Wildman–Crippen LogP) is 1.46. The van der Waals surface area contributed by atoms with E-state index in [1.54, 1.807) is 48.8 Å². The number of rotatable bonds is 7. The molecule has 0 saturated heterocycles. The van der Waals surface area contributed by atoms with Crippen molar-refractivity contribution in [3.05, 3.63) is 60.0 Å². The summed E-state index contributed by atoms with van der Waals surface area (Å²) in [7, 11) is 0. The molecule has 0 aliphatic carbocycles. The first-order valence-electron chi connectivity index (χ1n) is 9.18. The van der Waals surface area contributed by atoms with Gasteiger partial charge in [0.05, 0.1) is 12.8 Å². The van der Waals surface area contributed by atoms with Gasteiger partial charge in [-0.05, 0) is 47.6 Å². The van der Waals surface area contributed by atoms with Crippen LogP contribution in [-0.4, -0.2) is 49.0 Å². The Morgan fingerprint density at radius 1 is 1.29 bits per heavy atom. The summed E-state index contributed by atoms with van der Waals surface area (Å²) in [6, 6.07) is 10.6. The number of hydrogen-bond donors (Lipinski definition) is 2. The van der Waals surface area contributed by atoms with Gasteiger partial charge < -0.3 is 10.5 Å². The molecule has 3 heterocycles. The first-order valence-corrected chi connectivity index (χ1v) is 9.18. The van der Waals surface area contributed by atoms with Crippen LogP contribution in [0.1, 0.15) is 23.0 Å². The molecule has 0 unspecified atom stereocenters. The molecule has 0 aliphatic heterocycles. The summed E-state index contributed by atoms with van der Waals surface area (Å²) < 4.78 is 11.4. The Bertz CT molecular complexity index is 1200. The Labute approximate surface area is 175 Å². The number of carbonyl (C=O) groups is 1. The molecule has 156 valence electrons. The third-order valence-corrected chi connectivity index (χ3v) is 4.08. The summed E-state index contributed by atoms with van der Waals surface area (Å²) in [6.07, 6.45) is 4.71. The third-order valence-electron chi connectivity index (χ3n) is 4.08. The molecule has 12 nitrogen and oxygen atoms in total. The lowest BCUT2D eigenvalue weighted by Crippen LogP contribution is -2.19. The molecule has 31 heavy (non-hydrogen) atoms. The number of nitrogens with two attached hydrogens (primary N) is 1. The van der Waals surface area contributed by atoms with Gasteiger partial charge in [-0.25, -0.2) is 10.1 Å². The topological polar surface area (TPSA) is 159 Å². The van der Waals surface area contributed by atoms with Crippen molar-refractivity contribution in [3.8, 4) is 22.8 Å². The van der Waals surface area contributed by atoms with Crippen LogP contribution < -0.4 is 15.9 Å². The molecule has 0 bridgehead atoms. The second-order valence-electron chi connectivity index (χ2n) is 6.11. The highest BCUT2D eigenvalue weighted by molar-refractivity contribution is 5.98. The fourth-order valence-corrected chi connectivity index (χ4v) is 2.73. The van der Waals surface area contributed by atoms with Crippen molar-refractivity contribution in [2.45, 2.75) is 6.92 Å². The molecule has 4 aromatic rings. The number of anilines is 1. The number of amides is 1. The molecule has 3 N–H and O–H groups in total. The van der Waals surface area contributed by atoms with Gasteiger partial charge in [0, 0.05) is 23.5 Å². The van der Waals surface area contributed by atoms with Crippen LogP contribution in [0.25, 0.3) is 17.1 Å². The smallest absolute Gasteiger partial charge is 0.294 e. The van der Waals surface area contributed by atoms with Crippen LogP contribution in [0.5, 0.6) is 5.75 Å². The Kier molecular flexibility index (Phi) is 5.60. The minimum atomic E-state index is -0.578. The Morgan fingerprint density at radius 2 is 2.13 bits per heavy atom. The zero-order valence-electron chi connectivity index (χ0n) is 16.3. The van der Waals surface area contributed by atoms with Crippen molar-refractivity contribution in [2.24, 2.45) is 5.10 Å². The first kappa shape index (κ1) is 19.7. The fraction of sp³-hybridized carbons (Fsp3) is 0.105. The van der Waals surface area contributed by atoms with E-state index in [9.17, 15) is 4.79 Å². The Hall–Kier alpha value is -4.61. The number of nitrogens with one attached hydrogen (secondary N) is 1. The van der Waals surface area contributed by atoms with Crippen molar-refractivity contribution in [1.82, 2.24) is 35.7 Å². The Balaban J connectivity index is 1.69. The predicted molar refractivity (Wildman–Crippen MR) is 110 cm³/mol. The van der Waals surface area contributed by atoms with Crippen molar-refractivity contribution in [1.29, 1.82) is 0 Å². The minimum absolute atomic E-state index is 0.00126. The van der Waals surface area contributed by atoms with Gasteiger partial charge in [0.25, 0.3) is 5.91 Å². The molecule has 1 amide bonds. The van der Waals surface area contributed by atoms with Crippen LogP contribution in [-0.2, 0) is 0 Å². The number of nitrogens with zero attached hydrogens (tertiary/aromatic N) is 7. The molecule has 0 radical (unpaired) electrons. The number of aromatic nitrogens is 6. The normalized spacial score (nSPS) is 11.0. The average Bonchev–Trinajstić information content (AvgIpc) is 3.41. The van der Waals surface area contributed by atoms with Crippen molar-refractivity contribution < 1.29 is 14.2 Å². The zero-order chi connectivity index (χ0) is 21.6. The van der Waals surface area contributed by atoms with E-state index in [1.165, 1.54) is 10.9 Å². The number of pyridine rings is 1. The largest absolute Gasteiger partial charge is 0.494 e. The number of hydrogen-bond acceptors (Lipinski definition) is 10. The maximum Gasteiger partial charge on any atom is 0.294 e. The molecule has 0 saturated carbocycles. The number of ether oxygens (including phenoxy) is 1. The van der Waals surface area contributed by atoms with E-state index >= 15 is 0 Å². The summed E-state index contributed by atoms with van der Waals surface area (Å²) in [5, 5.41) is 19.3. The van der Waals surface area contributed by atoms with Crippen molar-refractivity contribution in [2.75, 3.05) is 12.3 Å².